The fourth-order valence-electron chi connectivity index (χ4n) is 2.10. The zero-order chi connectivity index (χ0) is 16.8. The topological polar surface area (TPSA) is 54.9 Å². The molecular weight excluding hydrogens is 338 g/mol. The van der Waals surface area contributed by atoms with E-state index in [0.717, 1.165) is 27.1 Å². The number of nitrogens with one attached hydrogen (secondary N) is 1. The van der Waals surface area contributed by atoms with Crippen LogP contribution in [0.5, 0.6) is 0 Å². The van der Waals surface area contributed by atoms with Gasteiger partial charge in [-0.15, -0.1) is 10.2 Å². The number of aryl methyl sites for hydroxylation is 1. The second kappa shape index (κ2) is 8.08. The van der Waals surface area contributed by atoms with Crippen molar-refractivity contribution < 1.29 is 4.79 Å². The molecular formula is C18H17N3OS2. The van der Waals surface area contributed by atoms with Gasteiger partial charge in [0.25, 0.3) is 0 Å². The van der Waals surface area contributed by atoms with Crippen LogP contribution >= 0.6 is 23.1 Å². The Morgan fingerprint density at radius 1 is 1.08 bits per heavy atom. The van der Waals surface area contributed by atoms with Crippen molar-refractivity contribution in [2.45, 2.75) is 17.7 Å². The predicted molar refractivity (Wildman–Crippen MR) is 101 cm³/mol. The highest BCUT2D eigenvalue weighted by molar-refractivity contribution is 8.01. The van der Waals surface area contributed by atoms with Crippen LogP contribution < -0.4 is 5.32 Å². The first-order valence-electron chi connectivity index (χ1n) is 7.65. The zero-order valence-corrected chi connectivity index (χ0v) is 14.9. The van der Waals surface area contributed by atoms with Crippen LogP contribution in [-0.4, -0.2) is 21.7 Å². The Kier molecular flexibility index (Phi) is 5.61. The maximum absolute atomic E-state index is 12.2. The SMILES string of the molecule is CCc1ccc(C(=O)CSc2nnc(Nc3ccccc3)s2)cc1. The summed E-state index contributed by atoms with van der Waals surface area (Å²) in [6.07, 6.45) is 0.977. The molecule has 6 heteroatoms. The molecule has 3 aromatic rings. The van der Waals surface area contributed by atoms with Crippen molar-refractivity contribution >= 4 is 39.7 Å². The molecule has 0 radical (unpaired) electrons. The van der Waals surface area contributed by atoms with Gasteiger partial charge in [-0.2, -0.15) is 0 Å². The minimum Gasteiger partial charge on any atom is -0.330 e. The Balaban J connectivity index is 1.55. The van der Waals surface area contributed by atoms with Gasteiger partial charge < -0.3 is 5.32 Å². The second-order valence-electron chi connectivity index (χ2n) is 5.13. The van der Waals surface area contributed by atoms with Crippen LogP contribution in [0, 0.1) is 0 Å². The van der Waals surface area contributed by atoms with E-state index in [-0.39, 0.29) is 5.78 Å². The molecule has 24 heavy (non-hydrogen) atoms. The lowest BCUT2D eigenvalue weighted by Gasteiger charge is -2.01. The molecule has 0 saturated carbocycles. The Morgan fingerprint density at radius 3 is 2.54 bits per heavy atom. The number of benzene rings is 2. The number of ketones is 1. The number of carbonyl (C=O) groups is 1. The van der Waals surface area contributed by atoms with Crippen LogP contribution in [0.4, 0.5) is 10.8 Å². The first kappa shape index (κ1) is 16.7. The van der Waals surface area contributed by atoms with Crippen molar-refractivity contribution in [2.24, 2.45) is 0 Å². The molecule has 0 fully saturated rings. The molecule has 4 nitrogen and oxygen atoms in total. The van der Waals surface area contributed by atoms with Crippen LogP contribution in [0.15, 0.2) is 58.9 Å². The molecule has 3 rings (SSSR count). The number of carbonyl (C=O) groups excluding carboxylic acids is 1. The highest BCUT2D eigenvalue weighted by Gasteiger charge is 2.10. The third-order valence-corrected chi connectivity index (χ3v) is 5.41. The van der Waals surface area contributed by atoms with Crippen molar-refractivity contribution in [3.8, 4) is 0 Å². The highest BCUT2D eigenvalue weighted by Crippen LogP contribution is 2.28. The highest BCUT2D eigenvalue weighted by atomic mass is 32.2. The summed E-state index contributed by atoms with van der Waals surface area (Å²) in [5, 5.41) is 12.2. The molecule has 0 unspecified atom stereocenters. The summed E-state index contributed by atoms with van der Waals surface area (Å²) in [4.78, 5) is 12.2. The van der Waals surface area contributed by atoms with Gasteiger partial charge in [-0.3, -0.25) is 4.79 Å². The first-order valence-corrected chi connectivity index (χ1v) is 9.45. The van der Waals surface area contributed by atoms with Gasteiger partial charge in [0.15, 0.2) is 10.1 Å². The third-order valence-electron chi connectivity index (χ3n) is 3.44. The van der Waals surface area contributed by atoms with E-state index in [0.29, 0.717) is 5.75 Å². The largest absolute Gasteiger partial charge is 0.330 e. The molecule has 0 aliphatic carbocycles. The van der Waals surface area contributed by atoms with Gasteiger partial charge in [-0.1, -0.05) is 72.5 Å². The number of hydrogen-bond donors (Lipinski definition) is 1. The van der Waals surface area contributed by atoms with Gasteiger partial charge in [0, 0.05) is 11.3 Å². The molecule has 0 aliphatic heterocycles. The summed E-state index contributed by atoms with van der Waals surface area (Å²) in [7, 11) is 0. The Labute approximate surface area is 149 Å². The molecule has 0 atom stereocenters. The summed E-state index contributed by atoms with van der Waals surface area (Å²) in [6.45, 7) is 2.10. The maximum Gasteiger partial charge on any atom is 0.210 e. The summed E-state index contributed by atoms with van der Waals surface area (Å²) in [6, 6.07) is 17.6. The first-order chi connectivity index (χ1) is 11.7. The van der Waals surface area contributed by atoms with Crippen LogP contribution in [0.1, 0.15) is 22.8 Å². The number of Topliss-reactive ketones (excluding diaryl/α,β-unsaturated/α-hetero) is 1. The van der Waals surface area contributed by atoms with Crippen LogP contribution in [0.25, 0.3) is 0 Å². The lowest BCUT2D eigenvalue weighted by Crippen LogP contribution is -2.02. The number of thioether (sulfide) groups is 1. The summed E-state index contributed by atoms with van der Waals surface area (Å²) >= 11 is 2.87. The van der Waals surface area contributed by atoms with E-state index in [9.17, 15) is 4.79 Å². The fourth-order valence-corrected chi connectivity index (χ4v) is 3.77. The van der Waals surface area contributed by atoms with E-state index < -0.39 is 0 Å². The van der Waals surface area contributed by atoms with E-state index in [2.05, 4.69) is 22.4 Å². The van der Waals surface area contributed by atoms with Gasteiger partial charge in [0.05, 0.1) is 5.75 Å². The molecule has 0 amide bonds. The van der Waals surface area contributed by atoms with Gasteiger partial charge in [-0.25, -0.2) is 0 Å². The normalized spacial score (nSPS) is 10.5. The molecule has 1 heterocycles. The number of anilines is 2. The minimum atomic E-state index is 0.107. The minimum absolute atomic E-state index is 0.107. The number of hydrogen-bond acceptors (Lipinski definition) is 6. The van der Waals surface area contributed by atoms with E-state index in [1.165, 1.54) is 28.7 Å². The van der Waals surface area contributed by atoms with Crippen molar-refractivity contribution in [3.05, 3.63) is 65.7 Å². The smallest absolute Gasteiger partial charge is 0.210 e. The molecule has 0 bridgehead atoms. The number of rotatable bonds is 7. The Morgan fingerprint density at radius 2 is 1.83 bits per heavy atom. The van der Waals surface area contributed by atoms with E-state index >= 15 is 0 Å². The molecule has 0 saturated heterocycles. The van der Waals surface area contributed by atoms with Crippen LogP contribution in [0.3, 0.4) is 0 Å². The monoisotopic (exact) mass is 355 g/mol. The average Bonchev–Trinajstić information content (AvgIpc) is 3.08. The standard InChI is InChI=1S/C18H17N3OS2/c1-2-13-8-10-14(11-9-13)16(22)12-23-18-21-20-17(24-18)19-15-6-4-3-5-7-15/h3-11H,2,12H2,1H3,(H,19,20). The Hall–Kier alpha value is -2.18. The Bertz CT molecular complexity index is 801. The molecule has 2 aromatic carbocycles. The van der Waals surface area contributed by atoms with E-state index in [1.807, 2.05) is 54.6 Å². The number of aromatic nitrogens is 2. The van der Waals surface area contributed by atoms with E-state index in [4.69, 9.17) is 0 Å². The van der Waals surface area contributed by atoms with Crippen LogP contribution in [0.2, 0.25) is 0 Å². The molecule has 0 spiro atoms. The maximum atomic E-state index is 12.2. The fraction of sp³-hybridized carbons (Fsp3) is 0.167. The quantitative estimate of drug-likeness (QED) is 0.486. The lowest BCUT2D eigenvalue weighted by atomic mass is 10.1. The van der Waals surface area contributed by atoms with Gasteiger partial charge in [0.1, 0.15) is 0 Å². The third kappa shape index (κ3) is 4.43. The summed E-state index contributed by atoms with van der Waals surface area (Å²) in [5.41, 5.74) is 2.95. The predicted octanol–water partition coefficient (Wildman–Crippen LogP) is 4.82. The second-order valence-corrected chi connectivity index (χ2v) is 7.33. The average molecular weight is 355 g/mol. The molecule has 122 valence electrons. The van der Waals surface area contributed by atoms with Gasteiger partial charge >= 0.3 is 0 Å². The van der Waals surface area contributed by atoms with Crippen molar-refractivity contribution in [1.29, 1.82) is 0 Å². The summed E-state index contributed by atoms with van der Waals surface area (Å²) in [5.74, 6) is 0.473. The van der Waals surface area contributed by atoms with Gasteiger partial charge in [-0.05, 0) is 24.1 Å². The zero-order valence-electron chi connectivity index (χ0n) is 13.2. The van der Waals surface area contributed by atoms with Crippen molar-refractivity contribution in [2.75, 3.05) is 11.1 Å². The lowest BCUT2D eigenvalue weighted by molar-refractivity contribution is 0.102. The molecule has 1 aromatic heterocycles. The molecule has 0 aliphatic rings. The van der Waals surface area contributed by atoms with Crippen LogP contribution in [-0.2, 0) is 6.42 Å². The van der Waals surface area contributed by atoms with E-state index in [1.54, 1.807) is 0 Å². The summed E-state index contributed by atoms with van der Waals surface area (Å²) < 4.78 is 0.784. The molecule has 1 N–H and O–H groups in total. The number of para-hydroxylation sites is 1. The van der Waals surface area contributed by atoms with Crippen molar-refractivity contribution in [3.63, 3.8) is 0 Å². The van der Waals surface area contributed by atoms with Gasteiger partial charge in [0.2, 0.25) is 5.13 Å². The van der Waals surface area contributed by atoms with Crippen molar-refractivity contribution in [1.82, 2.24) is 10.2 Å². The number of nitrogens with zero attached hydrogens (tertiary/aromatic N) is 2.